The minimum Gasteiger partial charge on any atom is -0.392 e. The number of hydrogen-bond donors (Lipinski definition) is 2. The van der Waals surface area contributed by atoms with E-state index in [0.717, 1.165) is 38.5 Å². The Morgan fingerprint density at radius 1 is 1.00 bits per heavy atom. The molecule has 4 aromatic rings. The number of amides is 1. The van der Waals surface area contributed by atoms with Crippen LogP contribution in [0.2, 0.25) is 0 Å². The van der Waals surface area contributed by atoms with Crippen LogP contribution in [0, 0.1) is 5.92 Å². The number of aryl methyl sites for hydroxylation is 1. The monoisotopic (exact) mass is 659 g/mol. The third-order valence-electron chi connectivity index (χ3n) is 7.41. The van der Waals surface area contributed by atoms with Crippen LogP contribution in [-0.4, -0.2) is 36.2 Å². The first-order chi connectivity index (χ1) is 20.6. The Morgan fingerprint density at radius 2 is 1.72 bits per heavy atom. The van der Waals surface area contributed by atoms with E-state index in [1.54, 1.807) is 18.0 Å². The summed E-state index contributed by atoms with van der Waals surface area (Å²) in [6.07, 6.45) is 2.79. The summed E-state index contributed by atoms with van der Waals surface area (Å²) in [6, 6.07) is 23.8. The molecule has 43 heavy (non-hydrogen) atoms. The number of thioether (sulfide) groups is 1. The van der Waals surface area contributed by atoms with Gasteiger partial charge in [-0.3, -0.25) is 4.79 Å². The molecule has 0 saturated carbocycles. The van der Waals surface area contributed by atoms with Crippen LogP contribution in [0.5, 0.6) is 0 Å². The van der Waals surface area contributed by atoms with E-state index in [0.29, 0.717) is 5.75 Å². The number of imidazole rings is 1. The lowest BCUT2D eigenvalue weighted by Crippen LogP contribution is -2.38. The standard InChI is InChI=1S/C32H32Cl3N3O4S/c1-20-27(19-43-31-36-13-14-38(31)2)41-29(42-28(20)23-11-9-21(18-39)10-12-23)26-8-4-7-25(16-26)24-6-3-5-22(15-24)17-37-30(40)32(33,34)35/h3-16,20,27-29,39H,17-19H2,1-2H3,(H,37,40)/t20-,27+,28+,29+/m1/s1. The van der Waals surface area contributed by atoms with Crippen LogP contribution in [-0.2, 0) is 34.5 Å². The number of aliphatic hydroxyl groups excluding tert-OH is 1. The summed E-state index contributed by atoms with van der Waals surface area (Å²) in [5.41, 5.74) is 5.57. The molecule has 1 amide bonds. The van der Waals surface area contributed by atoms with Crippen LogP contribution >= 0.6 is 46.6 Å². The molecule has 2 N–H and O–H groups in total. The molecular weight excluding hydrogens is 629 g/mol. The molecule has 2 heterocycles. The van der Waals surface area contributed by atoms with Crippen molar-refractivity contribution in [3.8, 4) is 11.1 Å². The Morgan fingerprint density at radius 3 is 2.40 bits per heavy atom. The SMILES string of the molecule is C[C@@H]1[C@H](CSc2nccn2C)O[C@H](c2cccc(-c3cccc(CNC(=O)C(Cl)(Cl)Cl)c3)c2)O[C@@H]1c1ccc(CO)cc1. The maximum atomic E-state index is 12.0. The fourth-order valence-electron chi connectivity index (χ4n) is 4.97. The number of ether oxygens (including phenoxy) is 2. The average Bonchev–Trinajstić information content (AvgIpc) is 3.43. The molecule has 3 aromatic carbocycles. The van der Waals surface area contributed by atoms with Crippen LogP contribution in [0.25, 0.3) is 11.1 Å². The van der Waals surface area contributed by atoms with Gasteiger partial charge in [0.25, 0.3) is 9.70 Å². The van der Waals surface area contributed by atoms with Crippen LogP contribution in [0.15, 0.2) is 90.3 Å². The fourth-order valence-corrected chi connectivity index (χ4v) is 6.26. The van der Waals surface area contributed by atoms with E-state index in [4.69, 9.17) is 44.3 Å². The number of rotatable bonds is 9. The highest BCUT2D eigenvalue weighted by molar-refractivity contribution is 7.99. The van der Waals surface area contributed by atoms with Gasteiger partial charge in [-0.15, -0.1) is 0 Å². The highest BCUT2D eigenvalue weighted by Gasteiger charge is 2.38. The smallest absolute Gasteiger partial charge is 0.272 e. The van der Waals surface area contributed by atoms with Crippen molar-refractivity contribution in [3.05, 3.63) is 107 Å². The highest BCUT2D eigenvalue weighted by Crippen LogP contribution is 2.43. The number of aliphatic hydroxyl groups is 1. The molecule has 0 radical (unpaired) electrons. The molecule has 0 unspecified atom stereocenters. The fraction of sp³-hybridized carbons (Fsp3) is 0.312. The molecule has 1 aliphatic rings. The summed E-state index contributed by atoms with van der Waals surface area (Å²) in [5, 5.41) is 13.1. The van der Waals surface area contributed by atoms with Crippen LogP contribution in [0.4, 0.5) is 0 Å². The van der Waals surface area contributed by atoms with Gasteiger partial charge in [0.1, 0.15) is 0 Å². The molecule has 1 aromatic heterocycles. The zero-order chi connectivity index (χ0) is 30.6. The Labute approximate surface area is 270 Å². The zero-order valence-electron chi connectivity index (χ0n) is 23.6. The molecule has 5 rings (SSSR count). The van der Waals surface area contributed by atoms with Crippen LogP contribution in [0.1, 0.15) is 41.6 Å². The summed E-state index contributed by atoms with van der Waals surface area (Å²) in [5.74, 6) is 0.0901. The molecule has 1 fully saturated rings. The second-order valence-electron chi connectivity index (χ2n) is 10.5. The zero-order valence-corrected chi connectivity index (χ0v) is 26.7. The molecule has 0 spiro atoms. The van der Waals surface area contributed by atoms with Crippen molar-refractivity contribution in [1.82, 2.24) is 14.9 Å². The topological polar surface area (TPSA) is 85.6 Å². The minimum atomic E-state index is -2.02. The van der Waals surface area contributed by atoms with Gasteiger partial charge in [-0.2, -0.15) is 0 Å². The van der Waals surface area contributed by atoms with E-state index >= 15 is 0 Å². The quantitative estimate of drug-likeness (QED) is 0.147. The van der Waals surface area contributed by atoms with Gasteiger partial charge in [-0.05, 0) is 39.9 Å². The summed E-state index contributed by atoms with van der Waals surface area (Å²) in [7, 11) is 1.98. The van der Waals surface area contributed by atoms with Crippen molar-refractivity contribution in [3.63, 3.8) is 0 Å². The molecule has 0 bridgehead atoms. The number of halogens is 3. The lowest BCUT2D eigenvalue weighted by atomic mass is 9.91. The molecular formula is C32H32Cl3N3O4S. The molecule has 226 valence electrons. The van der Waals surface area contributed by atoms with Gasteiger partial charge in [-0.25, -0.2) is 4.98 Å². The number of carbonyl (C=O) groups is 1. The molecule has 11 heteroatoms. The summed E-state index contributed by atoms with van der Waals surface area (Å²) >= 11 is 18.7. The van der Waals surface area contributed by atoms with Crippen molar-refractivity contribution < 1.29 is 19.4 Å². The number of hydrogen-bond acceptors (Lipinski definition) is 6. The molecule has 4 atom stereocenters. The molecule has 7 nitrogen and oxygen atoms in total. The lowest BCUT2D eigenvalue weighted by molar-refractivity contribution is -0.268. The molecule has 1 aliphatic heterocycles. The first-order valence-electron chi connectivity index (χ1n) is 13.8. The highest BCUT2D eigenvalue weighted by atomic mass is 35.6. The van der Waals surface area contributed by atoms with Gasteiger partial charge >= 0.3 is 0 Å². The maximum Gasteiger partial charge on any atom is 0.272 e. The van der Waals surface area contributed by atoms with Crippen molar-refractivity contribution >= 4 is 52.5 Å². The van der Waals surface area contributed by atoms with E-state index in [1.807, 2.05) is 84.5 Å². The van der Waals surface area contributed by atoms with Crippen molar-refractivity contribution in [1.29, 1.82) is 0 Å². The first-order valence-corrected chi connectivity index (χ1v) is 15.9. The number of nitrogens with zero attached hydrogens (tertiary/aromatic N) is 2. The minimum absolute atomic E-state index is 0.0106. The second kappa shape index (κ2) is 14.0. The third-order valence-corrected chi connectivity index (χ3v) is 9.07. The Bertz CT molecular complexity index is 1540. The predicted molar refractivity (Wildman–Crippen MR) is 171 cm³/mol. The van der Waals surface area contributed by atoms with Gasteiger partial charge in [-0.1, -0.05) is 114 Å². The van der Waals surface area contributed by atoms with Gasteiger partial charge in [0.2, 0.25) is 0 Å². The number of nitrogens with one attached hydrogen (secondary N) is 1. The maximum absolute atomic E-state index is 12.0. The Kier molecular flexibility index (Phi) is 10.4. The van der Waals surface area contributed by atoms with Gasteiger partial charge in [0.05, 0.1) is 18.8 Å². The summed E-state index contributed by atoms with van der Waals surface area (Å²) in [6.45, 7) is 2.36. The Balaban J connectivity index is 1.39. The van der Waals surface area contributed by atoms with E-state index in [-0.39, 0.29) is 31.3 Å². The third kappa shape index (κ3) is 7.94. The first kappa shape index (κ1) is 31.9. The lowest BCUT2D eigenvalue weighted by Gasteiger charge is -2.41. The van der Waals surface area contributed by atoms with E-state index in [1.165, 1.54) is 0 Å². The van der Waals surface area contributed by atoms with Crippen LogP contribution < -0.4 is 5.32 Å². The van der Waals surface area contributed by atoms with E-state index in [9.17, 15) is 9.90 Å². The van der Waals surface area contributed by atoms with Crippen LogP contribution in [0.3, 0.4) is 0 Å². The average molecular weight is 661 g/mol. The van der Waals surface area contributed by atoms with Gasteiger partial charge < -0.3 is 24.5 Å². The van der Waals surface area contributed by atoms with Gasteiger partial charge in [0.15, 0.2) is 11.4 Å². The van der Waals surface area contributed by atoms with Crippen molar-refractivity contribution in [2.24, 2.45) is 13.0 Å². The molecule has 1 saturated heterocycles. The molecule has 0 aliphatic carbocycles. The number of aromatic nitrogens is 2. The second-order valence-corrected chi connectivity index (χ2v) is 13.7. The summed E-state index contributed by atoms with van der Waals surface area (Å²) in [4.78, 5) is 16.5. The van der Waals surface area contributed by atoms with E-state index < -0.39 is 16.0 Å². The van der Waals surface area contributed by atoms with Crippen molar-refractivity contribution in [2.45, 2.75) is 47.5 Å². The normalized spacial score (nSPS) is 20.6. The van der Waals surface area contributed by atoms with Gasteiger partial charge in [0, 0.05) is 43.2 Å². The van der Waals surface area contributed by atoms with E-state index in [2.05, 4.69) is 23.3 Å². The predicted octanol–water partition coefficient (Wildman–Crippen LogP) is 7.15. The number of benzene rings is 3. The number of alkyl halides is 3. The summed E-state index contributed by atoms with van der Waals surface area (Å²) < 4.78 is 13.3. The Hall–Kier alpha value is -2.56. The van der Waals surface area contributed by atoms with Crippen molar-refractivity contribution in [2.75, 3.05) is 5.75 Å². The largest absolute Gasteiger partial charge is 0.392 e. The number of carbonyl (C=O) groups excluding carboxylic acids is 1.